The lowest BCUT2D eigenvalue weighted by atomic mass is 10.0. The van der Waals surface area contributed by atoms with Crippen LogP contribution in [0.15, 0.2) is 60.9 Å². The predicted octanol–water partition coefficient (Wildman–Crippen LogP) is 5.37. The third kappa shape index (κ3) is 7.79. The van der Waals surface area contributed by atoms with E-state index >= 15 is 0 Å². The molecule has 1 heterocycles. The average Bonchev–Trinajstić information content (AvgIpc) is 3.43. The van der Waals surface area contributed by atoms with Crippen molar-refractivity contribution >= 4 is 34.2 Å². The Morgan fingerprint density at radius 1 is 0.898 bits per heavy atom. The van der Waals surface area contributed by atoms with Gasteiger partial charge in [-0.05, 0) is 55.5 Å². The van der Waals surface area contributed by atoms with Crippen LogP contribution in [0.3, 0.4) is 0 Å². The molecule has 0 radical (unpaired) electrons. The van der Waals surface area contributed by atoms with Crippen molar-refractivity contribution in [3.05, 3.63) is 89.0 Å². The Morgan fingerprint density at radius 2 is 1.43 bits per heavy atom. The van der Waals surface area contributed by atoms with Gasteiger partial charge in [-0.2, -0.15) is 36.9 Å². The number of halogens is 7. The maximum atomic E-state index is 13.8. The van der Waals surface area contributed by atoms with E-state index in [1.807, 2.05) is 0 Å². The highest BCUT2D eigenvalue weighted by molar-refractivity contribution is 6.00. The number of anilines is 2. The van der Waals surface area contributed by atoms with Gasteiger partial charge in [0.15, 0.2) is 5.60 Å². The van der Waals surface area contributed by atoms with E-state index in [-0.39, 0.29) is 11.0 Å². The number of terminal acetylenes is 1. The van der Waals surface area contributed by atoms with Crippen LogP contribution < -0.4 is 10.6 Å². The van der Waals surface area contributed by atoms with E-state index in [0.717, 1.165) is 49.6 Å². The fraction of sp³-hybridized carbons (Fsp3) is 0.219. The molecule has 1 aromatic heterocycles. The van der Waals surface area contributed by atoms with Crippen LogP contribution in [0, 0.1) is 40.8 Å². The van der Waals surface area contributed by atoms with E-state index in [4.69, 9.17) is 21.7 Å². The van der Waals surface area contributed by atoms with E-state index in [1.54, 1.807) is 0 Å². The molecule has 0 unspecified atom stereocenters. The number of amides is 2. The van der Waals surface area contributed by atoms with Crippen molar-refractivity contribution in [1.29, 1.82) is 10.5 Å². The minimum atomic E-state index is -4.99. The third-order valence-electron chi connectivity index (χ3n) is 7.07. The first kappa shape index (κ1) is 35.9. The lowest BCUT2D eigenvalue weighted by Crippen LogP contribution is -2.53. The van der Waals surface area contributed by atoms with Crippen LogP contribution in [0.5, 0.6) is 0 Å². The topological polar surface area (TPSA) is 153 Å². The van der Waals surface area contributed by atoms with Crippen molar-refractivity contribution < 1.29 is 50.2 Å². The van der Waals surface area contributed by atoms with Gasteiger partial charge in [-0.3, -0.25) is 9.59 Å². The smallest absolute Gasteiger partial charge is 0.378 e. The van der Waals surface area contributed by atoms with Gasteiger partial charge >= 0.3 is 12.4 Å². The molecule has 0 spiro atoms. The number of carbonyl (C=O) groups excluding carboxylic acids is 2. The molecule has 0 saturated carbocycles. The maximum absolute atomic E-state index is 13.8. The first-order chi connectivity index (χ1) is 22.8. The van der Waals surface area contributed by atoms with E-state index < -0.39 is 88.0 Å². The fourth-order valence-corrected chi connectivity index (χ4v) is 4.47. The molecular weight excluding hydrogens is 665 g/mol. The maximum Gasteiger partial charge on any atom is 0.417 e. The second-order valence-electron chi connectivity index (χ2n) is 10.7. The zero-order valence-electron chi connectivity index (χ0n) is 24.9. The van der Waals surface area contributed by atoms with Crippen LogP contribution in [0.25, 0.3) is 11.0 Å². The van der Waals surface area contributed by atoms with Gasteiger partial charge in [0.05, 0.1) is 64.9 Å². The molecule has 4 aromatic rings. The first-order valence-corrected chi connectivity index (χ1v) is 13.6. The summed E-state index contributed by atoms with van der Waals surface area (Å²) in [5.74, 6) is -1.18. The molecular formula is C32H21F7N6O4. The second kappa shape index (κ2) is 13.3. The number of hydrogen-bond acceptors (Lipinski definition) is 7. The van der Waals surface area contributed by atoms with Gasteiger partial charge in [0.1, 0.15) is 5.82 Å². The summed E-state index contributed by atoms with van der Waals surface area (Å²) in [5, 5.41) is 33.3. The molecule has 2 atom stereocenters. The number of nitrogens with one attached hydrogen (secondary N) is 2. The minimum Gasteiger partial charge on any atom is -0.378 e. The van der Waals surface area contributed by atoms with Crippen molar-refractivity contribution in [2.45, 2.75) is 37.0 Å². The molecule has 3 N–H and O–H groups in total. The Hall–Kier alpha value is -5.96. The summed E-state index contributed by atoms with van der Waals surface area (Å²) in [7, 11) is 0. The third-order valence-corrected chi connectivity index (χ3v) is 7.07. The average molecular weight is 687 g/mol. The molecule has 0 saturated heterocycles. The molecule has 17 heteroatoms. The van der Waals surface area contributed by atoms with Gasteiger partial charge in [-0.15, -0.1) is 6.42 Å². The quantitative estimate of drug-likeness (QED) is 0.158. The van der Waals surface area contributed by atoms with Crippen LogP contribution in [-0.2, 0) is 33.2 Å². The molecule has 0 aliphatic rings. The van der Waals surface area contributed by atoms with Crippen LogP contribution in [-0.4, -0.2) is 44.3 Å². The number of imidazole rings is 1. The van der Waals surface area contributed by atoms with E-state index in [1.165, 1.54) is 22.8 Å². The zero-order chi connectivity index (χ0) is 36.4. The molecule has 252 valence electrons. The standard InChI is InChI=1S/C32H21F7N6O4/c1-3-30(15-45-17-42-25-10-20(33)6-9-26(25)45,28(47)44-22-8-5-19(14-41)24(12-22)32(37,38)39)49-16-29(2,48)27(46)43-21-7-4-18(13-40)23(11-21)31(34,35)36/h1,4-12,17,48H,15-16H2,2H3,(H,43,46)(H,44,47)/t29-,30-/m0/s1. The molecule has 49 heavy (non-hydrogen) atoms. The van der Waals surface area contributed by atoms with E-state index in [9.17, 15) is 45.4 Å². The summed E-state index contributed by atoms with van der Waals surface area (Å²) < 4.78 is 102. The van der Waals surface area contributed by atoms with Crippen LogP contribution in [0.2, 0.25) is 0 Å². The molecule has 10 nitrogen and oxygen atoms in total. The molecule has 3 aromatic carbocycles. The summed E-state index contributed by atoms with van der Waals surface area (Å²) in [4.78, 5) is 30.8. The Kier molecular flexibility index (Phi) is 9.72. The lowest BCUT2D eigenvalue weighted by Gasteiger charge is -2.32. The summed E-state index contributed by atoms with van der Waals surface area (Å²) in [6.07, 6.45) is -3.07. The highest BCUT2D eigenvalue weighted by Crippen LogP contribution is 2.35. The minimum absolute atomic E-state index is 0.111. The van der Waals surface area contributed by atoms with Gasteiger partial charge in [0.25, 0.3) is 11.8 Å². The summed E-state index contributed by atoms with van der Waals surface area (Å²) in [6.45, 7) is -0.898. The summed E-state index contributed by atoms with van der Waals surface area (Å²) in [6, 6.07) is 10.7. The van der Waals surface area contributed by atoms with Gasteiger partial charge < -0.3 is 25.0 Å². The van der Waals surface area contributed by atoms with Gasteiger partial charge in [0.2, 0.25) is 5.60 Å². The van der Waals surface area contributed by atoms with Crippen molar-refractivity contribution in [2.24, 2.45) is 0 Å². The number of aromatic nitrogens is 2. The van der Waals surface area contributed by atoms with Crippen molar-refractivity contribution in [1.82, 2.24) is 9.55 Å². The molecule has 0 aliphatic carbocycles. The zero-order valence-corrected chi connectivity index (χ0v) is 24.9. The molecule has 4 rings (SSSR count). The number of rotatable bonds is 9. The van der Waals surface area contributed by atoms with Crippen LogP contribution >= 0.6 is 0 Å². The van der Waals surface area contributed by atoms with Crippen molar-refractivity contribution in [2.75, 3.05) is 17.2 Å². The number of fused-ring (bicyclic) bond motifs is 1. The van der Waals surface area contributed by atoms with E-state index in [0.29, 0.717) is 12.1 Å². The number of nitrogens with zero attached hydrogens (tertiary/aromatic N) is 4. The van der Waals surface area contributed by atoms with Gasteiger partial charge in [-0.25, -0.2) is 9.37 Å². The van der Waals surface area contributed by atoms with Gasteiger partial charge in [0, 0.05) is 17.4 Å². The number of benzene rings is 3. The SMILES string of the molecule is C#C[C@@](Cn1cnc2cc(F)ccc21)(OC[C@](C)(O)C(=O)Nc1ccc(C#N)c(C(F)(F)F)c1)C(=O)Nc1ccc(C#N)c(C(F)(F)F)c1. The number of hydrogen-bond donors (Lipinski definition) is 3. The van der Waals surface area contributed by atoms with Crippen LogP contribution in [0.1, 0.15) is 29.2 Å². The Balaban J connectivity index is 1.67. The second-order valence-corrected chi connectivity index (χ2v) is 10.7. The van der Waals surface area contributed by atoms with Gasteiger partial charge in [-0.1, -0.05) is 5.92 Å². The number of alkyl halides is 6. The Labute approximate surface area is 272 Å². The monoisotopic (exact) mass is 686 g/mol. The Morgan fingerprint density at radius 3 is 1.92 bits per heavy atom. The number of nitriles is 2. The van der Waals surface area contributed by atoms with Crippen molar-refractivity contribution in [3.8, 4) is 24.5 Å². The fourth-order valence-electron chi connectivity index (χ4n) is 4.47. The van der Waals surface area contributed by atoms with Crippen LogP contribution in [0.4, 0.5) is 42.1 Å². The highest BCUT2D eigenvalue weighted by Gasteiger charge is 2.44. The molecule has 0 fully saturated rings. The lowest BCUT2D eigenvalue weighted by molar-refractivity contribution is -0.154. The number of aliphatic hydroxyl groups is 1. The first-order valence-electron chi connectivity index (χ1n) is 13.6. The largest absolute Gasteiger partial charge is 0.417 e. The predicted molar refractivity (Wildman–Crippen MR) is 157 cm³/mol. The Bertz CT molecular complexity index is 2070. The highest BCUT2D eigenvalue weighted by atomic mass is 19.4. The summed E-state index contributed by atoms with van der Waals surface area (Å²) in [5.41, 5.74) is -9.98. The molecule has 0 aliphatic heterocycles. The number of carbonyl (C=O) groups is 2. The number of ether oxygens (including phenoxy) is 1. The normalized spacial score (nSPS) is 14.1. The summed E-state index contributed by atoms with van der Waals surface area (Å²) >= 11 is 0. The molecule has 0 bridgehead atoms. The van der Waals surface area contributed by atoms with Crippen molar-refractivity contribution in [3.63, 3.8) is 0 Å². The van der Waals surface area contributed by atoms with E-state index in [2.05, 4.69) is 21.5 Å². The molecule has 2 amide bonds.